The van der Waals surface area contributed by atoms with Gasteiger partial charge in [0.15, 0.2) is 0 Å². The Balaban J connectivity index is 2.07. The molecule has 1 aliphatic rings. The van der Waals surface area contributed by atoms with Crippen molar-refractivity contribution in [3.05, 3.63) is 47.0 Å². The molecule has 1 saturated heterocycles. The molecule has 140 valence electrons. The van der Waals surface area contributed by atoms with E-state index < -0.39 is 0 Å². The number of amides is 1. The molecule has 0 saturated carbocycles. The maximum Gasteiger partial charge on any atom is 0.257 e. The van der Waals surface area contributed by atoms with E-state index in [1.807, 2.05) is 16.5 Å². The number of carbonyl (C=O) groups is 1. The van der Waals surface area contributed by atoms with Gasteiger partial charge in [0.2, 0.25) is 0 Å². The predicted molar refractivity (Wildman–Crippen MR) is 101 cm³/mol. The minimum atomic E-state index is -0.272. The third-order valence-electron chi connectivity index (χ3n) is 4.92. The number of likely N-dealkylation sites (tertiary alicyclic amines) is 1. The summed E-state index contributed by atoms with van der Waals surface area (Å²) >= 11 is 0. The van der Waals surface area contributed by atoms with Crippen molar-refractivity contribution in [2.75, 3.05) is 13.1 Å². The first-order chi connectivity index (χ1) is 12.5. The normalized spacial score (nSPS) is 14.9. The van der Waals surface area contributed by atoms with E-state index in [0.29, 0.717) is 12.3 Å². The SMILES string of the molecule is CCc1c(C(=O)N2CCCCC2)c(CC(C)C)nn1-c1ccc(F)cc1. The fourth-order valence-electron chi connectivity index (χ4n) is 3.66. The van der Waals surface area contributed by atoms with Gasteiger partial charge in [0.05, 0.1) is 22.6 Å². The van der Waals surface area contributed by atoms with Gasteiger partial charge in [-0.15, -0.1) is 0 Å². The molecule has 1 fully saturated rings. The predicted octanol–water partition coefficient (Wildman–Crippen LogP) is 4.40. The van der Waals surface area contributed by atoms with Gasteiger partial charge >= 0.3 is 0 Å². The van der Waals surface area contributed by atoms with E-state index in [2.05, 4.69) is 13.8 Å². The highest BCUT2D eigenvalue weighted by molar-refractivity contribution is 5.96. The van der Waals surface area contributed by atoms with Crippen LogP contribution in [0.15, 0.2) is 24.3 Å². The molecule has 1 amide bonds. The van der Waals surface area contributed by atoms with Crippen LogP contribution in [0.1, 0.15) is 61.8 Å². The summed E-state index contributed by atoms with van der Waals surface area (Å²) in [5.41, 5.74) is 3.33. The summed E-state index contributed by atoms with van der Waals surface area (Å²) in [5, 5.41) is 4.78. The van der Waals surface area contributed by atoms with Gasteiger partial charge < -0.3 is 4.90 Å². The molecule has 1 aliphatic heterocycles. The number of aromatic nitrogens is 2. The highest BCUT2D eigenvalue weighted by Crippen LogP contribution is 2.25. The molecule has 1 aromatic heterocycles. The summed E-state index contributed by atoms with van der Waals surface area (Å²) < 4.78 is 15.1. The molecule has 4 nitrogen and oxygen atoms in total. The van der Waals surface area contributed by atoms with E-state index in [9.17, 15) is 9.18 Å². The molecule has 0 radical (unpaired) electrons. The number of hydrogen-bond donors (Lipinski definition) is 0. The van der Waals surface area contributed by atoms with Gasteiger partial charge in [-0.1, -0.05) is 20.8 Å². The first-order valence-corrected chi connectivity index (χ1v) is 9.67. The average molecular weight is 357 g/mol. The van der Waals surface area contributed by atoms with E-state index in [0.717, 1.165) is 55.0 Å². The van der Waals surface area contributed by atoms with Crippen LogP contribution >= 0.6 is 0 Å². The van der Waals surface area contributed by atoms with Crippen molar-refractivity contribution in [1.29, 1.82) is 0 Å². The van der Waals surface area contributed by atoms with Crippen LogP contribution in [-0.2, 0) is 12.8 Å². The minimum Gasteiger partial charge on any atom is -0.339 e. The van der Waals surface area contributed by atoms with Gasteiger partial charge in [-0.05, 0) is 62.3 Å². The van der Waals surface area contributed by atoms with Gasteiger partial charge in [0.1, 0.15) is 5.82 Å². The Kier molecular flexibility index (Phi) is 5.74. The van der Waals surface area contributed by atoms with Crippen molar-refractivity contribution in [2.24, 2.45) is 5.92 Å². The zero-order valence-corrected chi connectivity index (χ0v) is 16.0. The highest BCUT2D eigenvalue weighted by atomic mass is 19.1. The first kappa shape index (κ1) is 18.6. The topological polar surface area (TPSA) is 38.1 Å². The van der Waals surface area contributed by atoms with E-state index in [1.165, 1.54) is 18.6 Å². The number of piperidine rings is 1. The monoisotopic (exact) mass is 357 g/mol. The van der Waals surface area contributed by atoms with Gasteiger partial charge in [0.25, 0.3) is 5.91 Å². The molecule has 0 bridgehead atoms. The van der Waals surface area contributed by atoms with Gasteiger partial charge in [-0.25, -0.2) is 9.07 Å². The minimum absolute atomic E-state index is 0.102. The number of nitrogens with zero attached hydrogens (tertiary/aromatic N) is 3. The van der Waals surface area contributed by atoms with E-state index in [1.54, 1.807) is 12.1 Å². The van der Waals surface area contributed by atoms with Crippen LogP contribution < -0.4 is 0 Å². The molecule has 5 heteroatoms. The summed E-state index contributed by atoms with van der Waals surface area (Å²) in [6.45, 7) is 7.97. The zero-order chi connectivity index (χ0) is 18.7. The Morgan fingerprint density at radius 3 is 2.38 bits per heavy atom. The summed E-state index contributed by atoms with van der Waals surface area (Å²) in [4.78, 5) is 15.3. The molecule has 0 N–H and O–H groups in total. The lowest BCUT2D eigenvalue weighted by Gasteiger charge is -2.27. The third-order valence-corrected chi connectivity index (χ3v) is 4.92. The fourth-order valence-corrected chi connectivity index (χ4v) is 3.66. The smallest absolute Gasteiger partial charge is 0.257 e. The number of rotatable bonds is 5. The Bertz CT molecular complexity index is 758. The summed E-state index contributed by atoms with van der Waals surface area (Å²) in [5.74, 6) is 0.237. The first-order valence-electron chi connectivity index (χ1n) is 9.67. The summed E-state index contributed by atoms with van der Waals surface area (Å²) in [6, 6.07) is 6.31. The molecule has 0 atom stereocenters. The van der Waals surface area contributed by atoms with Gasteiger partial charge in [0, 0.05) is 13.1 Å². The number of benzene rings is 1. The van der Waals surface area contributed by atoms with Gasteiger partial charge in [-0.3, -0.25) is 4.79 Å². The molecule has 2 aromatic rings. The average Bonchev–Trinajstić information content (AvgIpc) is 2.99. The second kappa shape index (κ2) is 8.02. The largest absolute Gasteiger partial charge is 0.339 e. The lowest BCUT2D eigenvalue weighted by molar-refractivity contribution is 0.0722. The Labute approximate surface area is 155 Å². The molecular formula is C21H28FN3O. The highest BCUT2D eigenvalue weighted by Gasteiger charge is 2.28. The quantitative estimate of drug-likeness (QED) is 0.795. The van der Waals surface area contributed by atoms with E-state index in [-0.39, 0.29) is 11.7 Å². The number of hydrogen-bond acceptors (Lipinski definition) is 2. The second-order valence-electron chi connectivity index (χ2n) is 7.46. The van der Waals surface area contributed by atoms with Crippen LogP contribution in [0, 0.1) is 11.7 Å². The van der Waals surface area contributed by atoms with Crippen LogP contribution in [-0.4, -0.2) is 33.7 Å². The van der Waals surface area contributed by atoms with Crippen molar-refractivity contribution >= 4 is 5.91 Å². The van der Waals surface area contributed by atoms with Crippen molar-refractivity contribution in [2.45, 2.75) is 52.9 Å². The van der Waals surface area contributed by atoms with Crippen LogP contribution in [0.3, 0.4) is 0 Å². The van der Waals surface area contributed by atoms with Crippen LogP contribution in [0.25, 0.3) is 5.69 Å². The molecule has 3 rings (SSSR count). The fraction of sp³-hybridized carbons (Fsp3) is 0.524. The zero-order valence-electron chi connectivity index (χ0n) is 16.0. The van der Waals surface area contributed by atoms with E-state index in [4.69, 9.17) is 5.10 Å². The molecule has 2 heterocycles. The molecule has 0 unspecified atom stereocenters. The molecule has 1 aromatic carbocycles. The van der Waals surface area contributed by atoms with Crippen molar-refractivity contribution in [3.8, 4) is 5.69 Å². The lowest BCUT2D eigenvalue weighted by atomic mass is 10.0. The molecule has 0 spiro atoms. The molecule has 0 aliphatic carbocycles. The Morgan fingerprint density at radius 2 is 1.81 bits per heavy atom. The maximum atomic E-state index is 13.3. The Hall–Kier alpha value is -2.17. The van der Waals surface area contributed by atoms with Crippen LogP contribution in [0.2, 0.25) is 0 Å². The maximum absolute atomic E-state index is 13.3. The van der Waals surface area contributed by atoms with Crippen molar-refractivity contribution in [3.63, 3.8) is 0 Å². The van der Waals surface area contributed by atoms with E-state index >= 15 is 0 Å². The van der Waals surface area contributed by atoms with Crippen LogP contribution in [0.4, 0.5) is 4.39 Å². The third kappa shape index (κ3) is 3.81. The lowest BCUT2D eigenvalue weighted by Crippen LogP contribution is -2.36. The number of carbonyl (C=O) groups excluding carboxylic acids is 1. The summed E-state index contributed by atoms with van der Waals surface area (Å²) in [6.07, 6.45) is 4.79. The second-order valence-corrected chi connectivity index (χ2v) is 7.46. The molecular weight excluding hydrogens is 329 g/mol. The van der Waals surface area contributed by atoms with Crippen LogP contribution in [0.5, 0.6) is 0 Å². The molecule has 26 heavy (non-hydrogen) atoms. The Morgan fingerprint density at radius 1 is 1.15 bits per heavy atom. The summed E-state index contributed by atoms with van der Waals surface area (Å²) in [7, 11) is 0. The number of halogens is 1. The van der Waals surface area contributed by atoms with Crippen molar-refractivity contribution < 1.29 is 9.18 Å². The van der Waals surface area contributed by atoms with Gasteiger partial charge in [-0.2, -0.15) is 5.10 Å². The van der Waals surface area contributed by atoms with Crippen molar-refractivity contribution in [1.82, 2.24) is 14.7 Å². The standard InChI is InChI=1S/C21H28FN3O/c1-4-19-20(21(26)24-12-6-5-7-13-24)18(14-15(2)3)23-25(19)17-10-8-16(22)9-11-17/h8-11,15H,4-7,12-14H2,1-3H3.